The van der Waals surface area contributed by atoms with Gasteiger partial charge in [0, 0.05) is 30.3 Å². The molecule has 0 heterocycles. The second-order valence-corrected chi connectivity index (χ2v) is 4.95. The molecule has 0 spiro atoms. The molecule has 0 saturated heterocycles. The van der Waals surface area contributed by atoms with Crippen molar-refractivity contribution in [3.05, 3.63) is 67.7 Å². The standard InChI is InChI=1S/C13H8Cl2F2N2O2/c14-10-4-9(19(20)21)5-11(15)13(10)18-6-7-1-2-8(16)3-12(7)17/h1-5,18H,6H2. The number of nitro groups is 1. The molecule has 0 aliphatic heterocycles. The highest BCUT2D eigenvalue weighted by Gasteiger charge is 2.15. The average molecular weight is 333 g/mol. The lowest BCUT2D eigenvalue weighted by Gasteiger charge is -2.11. The van der Waals surface area contributed by atoms with Gasteiger partial charge in [0.25, 0.3) is 5.69 Å². The van der Waals surface area contributed by atoms with Gasteiger partial charge in [-0.25, -0.2) is 8.78 Å². The first-order chi connectivity index (χ1) is 9.88. The van der Waals surface area contributed by atoms with Crippen LogP contribution in [0.15, 0.2) is 30.3 Å². The number of hydrogen-bond donors (Lipinski definition) is 1. The van der Waals surface area contributed by atoms with Crippen LogP contribution in [-0.4, -0.2) is 4.92 Å². The molecule has 0 aromatic heterocycles. The van der Waals surface area contributed by atoms with Crippen LogP contribution in [0.4, 0.5) is 20.2 Å². The molecule has 0 fully saturated rings. The van der Waals surface area contributed by atoms with Crippen LogP contribution >= 0.6 is 23.2 Å². The zero-order valence-electron chi connectivity index (χ0n) is 10.4. The number of nitro benzene ring substituents is 1. The first-order valence-electron chi connectivity index (χ1n) is 5.69. The quantitative estimate of drug-likeness (QED) is 0.646. The predicted molar refractivity (Wildman–Crippen MR) is 76.8 cm³/mol. The Bertz CT molecular complexity index is 688. The molecular formula is C13H8Cl2F2N2O2. The number of benzene rings is 2. The average Bonchev–Trinajstić information content (AvgIpc) is 2.39. The Balaban J connectivity index is 2.22. The minimum Gasteiger partial charge on any atom is -0.378 e. The highest BCUT2D eigenvalue weighted by atomic mass is 35.5. The molecule has 8 heteroatoms. The molecule has 0 amide bonds. The van der Waals surface area contributed by atoms with E-state index in [2.05, 4.69) is 5.32 Å². The van der Waals surface area contributed by atoms with Gasteiger partial charge in [-0.2, -0.15) is 0 Å². The zero-order valence-corrected chi connectivity index (χ0v) is 11.9. The van der Waals surface area contributed by atoms with E-state index in [1.165, 1.54) is 6.07 Å². The van der Waals surface area contributed by atoms with Crippen LogP contribution in [0.5, 0.6) is 0 Å². The van der Waals surface area contributed by atoms with E-state index >= 15 is 0 Å². The van der Waals surface area contributed by atoms with Crippen molar-refractivity contribution < 1.29 is 13.7 Å². The van der Waals surface area contributed by atoms with Gasteiger partial charge < -0.3 is 5.32 Å². The Labute approximate surface area is 128 Å². The van der Waals surface area contributed by atoms with Gasteiger partial charge >= 0.3 is 0 Å². The van der Waals surface area contributed by atoms with Gasteiger partial charge in [0.05, 0.1) is 20.7 Å². The molecule has 0 aliphatic carbocycles. The molecular weight excluding hydrogens is 325 g/mol. The summed E-state index contributed by atoms with van der Waals surface area (Å²) in [6.07, 6.45) is 0. The van der Waals surface area contributed by atoms with E-state index in [1.807, 2.05) is 0 Å². The van der Waals surface area contributed by atoms with Crippen LogP contribution < -0.4 is 5.32 Å². The zero-order chi connectivity index (χ0) is 15.6. The molecule has 0 radical (unpaired) electrons. The van der Waals surface area contributed by atoms with Crippen LogP contribution in [0, 0.1) is 21.7 Å². The number of hydrogen-bond acceptors (Lipinski definition) is 3. The highest BCUT2D eigenvalue weighted by molar-refractivity contribution is 6.39. The number of nitrogens with zero attached hydrogens (tertiary/aromatic N) is 1. The molecule has 110 valence electrons. The Morgan fingerprint density at radius 1 is 1.14 bits per heavy atom. The molecule has 2 aromatic rings. The summed E-state index contributed by atoms with van der Waals surface area (Å²) in [4.78, 5) is 10.0. The van der Waals surface area contributed by atoms with E-state index in [-0.39, 0.29) is 33.5 Å². The van der Waals surface area contributed by atoms with E-state index in [0.717, 1.165) is 24.3 Å². The van der Waals surface area contributed by atoms with E-state index in [9.17, 15) is 18.9 Å². The third-order valence-corrected chi connectivity index (χ3v) is 3.30. The Hall–Kier alpha value is -1.92. The SMILES string of the molecule is O=[N+]([O-])c1cc(Cl)c(NCc2ccc(F)cc2F)c(Cl)c1. The molecule has 1 N–H and O–H groups in total. The van der Waals surface area contributed by atoms with Crippen LogP contribution in [0.1, 0.15) is 5.56 Å². The van der Waals surface area contributed by atoms with Crippen LogP contribution in [0.25, 0.3) is 0 Å². The fourth-order valence-corrected chi connectivity index (χ4v) is 2.29. The Kier molecular flexibility index (Phi) is 4.59. The van der Waals surface area contributed by atoms with Crippen molar-refractivity contribution in [1.82, 2.24) is 0 Å². The van der Waals surface area contributed by atoms with Crippen molar-refractivity contribution in [2.45, 2.75) is 6.54 Å². The summed E-state index contributed by atoms with van der Waals surface area (Å²) < 4.78 is 26.3. The van der Waals surface area contributed by atoms with Crippen LogP contribution in [0.2, 0.25) is 10.0 Å². The second-order valence-electron chi connectivity index (χ2n) is 4.13. The summed E-state index contributed by atoms with van der Waals surface area (Å²) in [5.41, 5.74) is 0.207. The van der Waals surface area contributed by atoms with Gasteiger partial charge in [-0.3, -0.25) is 10.1 Å². The molecule has 0 saturated carbocycles. The number of rotatable bonds is 4. The Morgan fingerprint density at radius 3 is 2.29 bits per heavy atom. The summed E-state index contributed by atoms with van der Waals surface area (Å²) in [6, 6.07) is 5.44. The van der Waals surface area contributed by atoms with Gasteiger partial charge in [0.2, 0.25) is 0 Å². The van der Waals surface area contributed by atoms with Gasteiger partial charge in [-0.1, -0.05) is 29.3 Å². The summed E-state index contributed by atoms with van der Waals surface area (Å²) in [5.74, 6) is -1.39. The number of non-ortho nitro benzene ring substituents is 1. The van der Waals surface area contributed by atoms with E-state index in [0.29, 0.717) is 0 Å². The lowest BCUT2D eigenvalue weighted by molar-refractivity contribution is -0.384. The molecule has 0 aliphatic rings. The maximum absolute atomic E-state index is 13.5. The van der Waals surface area contributed by atoms with Gasteiger partial charge in [0.1, 0.15) is 11.6 Å². The normalized spacial score (nSPS) is 10.5. The molecule has 0 unspecified atom stereocenters. The molecule has 0 atom stereocenters. The largest absolute Gasteiger partial charge is 0.378 e. The predicted octanol–water partition coefficient (Wildman–Crippen LogP) is 4.79. The van der Waals surface area contributed by atoms with Crippen molar-refractivity contribution in [3.8, 4) is 0 Å². The number of nitrogens with one attached hydrogen (secondary N) is 1. The molecule has 21 heavy (non-hydrogen) atoms. The molecule has 0 bridgehead atoms. The summed E-state index contributed by atoms with van der Waals surface area (Å²) in [6.45, 7) is 0.00334. The molecule has 2 rings (SSSR count). The maximum Gasteiger partial charge on any atom is 0.272 e. The van der Waals surface area contributed by atoms with Crippen LogP contribution in [-0.2, 0) is 6.54 Å². The number of anilines is 1. The Morgan fingerprint density at radius 2 is 1.76 bits per heavy atom. The minimum atomic E-state index is -0.711. The van der Waals surface area contributed by atoms with E-state index in [1.54, 1.807) is 0 Å². The lowest BCUT2D eigenvalue weighted by atomic mass is 10.2. The fourth-order valence-electron chi connectivity index (χ4n) is 1.68. The van der Waals surface area contributed by atoms with E-state index in [4.69, 9.17) is 23.2 Å². The summed E-state index contributed by atoms with van der Waals surface area (Å²) >= 11 is 11.8. The monoisotopic (exact) mass is 332 g/mol. The van der Waals surface area contributed by atoms with Crippen molar-refractivity contribution in [2.24, 2.45) is 0 Å². The van der Waals surface area contributed by atoms with Crippen molar-refractivity contribution in [3.63, 3.8) is 0 Å². The van der Waals surface area contributed by atoms with Gasteiger partial charge in [-0.15, -0.1) is 0 Å². The van der Waals surface area contributed by atoms with Crippen molar-refractivity contribution in [1.29, 1.82) is 0 Å². The first kappa shape index (κ1) is 15.5. The first-order valence-corrected chi connectivity index (χ1v) is 6.45. The van der Waals surface area contributed by atoms with E-state index < -0.39 is 16.6 Å². The fraction of sp³-hybridized carbons (Fsp3) is 0.0769. The molecule has 2 aromatic carbocycles. The topological polar surface area (TPSA) is 55.2 Å². The van der Waals surface area contributed by atoms with Crippen LogP contribution in [0.3, 0.4) is 0 Å². The third-order valence-electron chi connectivity index (χ3n) is 2.71. The summed E-state index contributed by atoms with van der Waals surface area (Å²) in [5, 5.41) is 13.5. The lowest BCUT2D eigenvalue weighted by Crippen LogP contribution is -2.03. The smallest absolute Gasteiger partial charge is 0.272 e. The summed E-state index contributed by atoms with van der Waals surface area (Å²) in [7, 11) is 0. The number of halogens is 4. The van der Waals surface area contributed by atoms with Crippen molar-refractivity contribution >= 4 is 34.6 Å². The van der Waals surface area contributed by atoms with Gasteiger partial charge in [0.15, 0.2) is 0 Å². The third kappa shape index (κ3) is 3.59. The molecule has 4 nitrogen and oxygen atoms in total. The maximum atomic E-state index is 13.5. The van der Waals surface area contributed by atoms with Crippen molar-refractivity contribution in [2.75, 3.05) is 5.32 Å². The second kappa shape index (κ2) is 6.24. The highest BCUT2D eigenvalue weighted by Crippen LogP contribution is 2.35. The minimum absolute atomic E-state index is 0.00334. The van der Waals surface area contributed by atoms with Gasteiger partial charge in [-0.05, 0) is 6.07 Å².